The molecule has 1 saturated heterocycles. The molecule has 2 rings (SSSR count). The van der Waals surface area contributed by atoms with Gasteiger partial charge in [0.2, 0.25) is 0 Å². The van der Waals surface area contributed by atoms with Gasteiger partial charge in [-0.2, -0.15) is 5.26 Å². The summed E-state index contributed by atoms with van der Waals surface area (Å²) in [5.74, 6) is -0.248. The number of likely N-dealkylation sites (tertiary alicyclic amines) is 1. The zero-order valence-electron chi connectivity index (χ0n) is 12.7. The van der Waals surface area contributed by atoms with E-state index in [2.05, 4.69) is 11.0 Å². The van der Waals surface area contributed by atoms with Crippen LogP contribution in [0.25, 0.3) is 0 Å². The van der Waals surface area contributed by atoms with Crippen molar-refractivity contribution in [2.45, 2.75) is 32.7 Å². The van der Waals surface area contributed by atoms with Gasteiger partial charge >= 0.3 is 5.97 Å². The van der Waals surface area contributed by atoms with Crippen LogP contribution < -0.4 is 0 Å². The Balaban J connectivity index is 2.14. The topological polar surface area (TPSA) is 53.3 Å². The Kier molecular flexibility index (Phi) is 5.35. The maximum absolute atomic E-state index is 11.9. The first kappa shape index (κ1) is 15.5. The quantitative estimate of drug-likeness (QED) is 0.799. The van der Waals surface area contributed by atoms with Crippen LogP contribution in [0.2, 0.25) is 0 Å². The van der Waals surface area contributed by atoms with E-state index in [1.165, 1.54) is 0 Å². The molecular weight excluding hydrogens is 264 g/mol. The molecule has 4 heteroatoms. The highest BCUT2D eigenvalue weighted by molar-refractivity contribution is 5.72. The zero-order chi connectivity index (χ0) is 15.2. The molecule has 2 unspecified atom stereocenters. The number of carbonyl (C=O) groups excluding carboxylic acids is 1. The van der Waals surface area contributed by atoms with Gasteiger partial charge in [-0.05, 0) is 44.4 Å². The molecule has 0 spiro atoms. The minimum atomic E-state index is -0.288. The van der Waals surface area contributed by atoms with Crippen molar-refractivity contribution >= 4 is 5.97 Å². The summed E-state index contributed by atoms with van der Waals surface area (Å²) >= 11 is 0. The molecule has 0 aromatic heterocycles. The van der Waals surface area contributed by atoms with Crippen LogP contribution in [-0.2, 0) is 9.53 Å². The summed E-state index contributed by atoms with van der Waals surface area (Å²) in [7, 11) is 0. The second kappa shape index (κ2) is 7.24. The molecule has 1 aliphatic rings. The smallest absolute Gasteiger partial charge is 0.310 e. The Labute approximate surface area is 126 Å². The van der Waals surface area contributed by atoms with Gasteiger partial charge in [-0.15, -0.1) is 0 Å². The third-order valence-electron chi connectivity index (χ3n) is 4.04. The standard InChI is InChI=1S/C17H22N2O2/c1-3-21-17(20)14-8-6-10-19(12-14)16(11-18)15-9-5-4-7-13(15)2/h4-5,7,9,14,16H,3,6,8,10,12H2,1-2H3. The number of benzene rings is 1. The normalized spacial score (nSPS) is 20.5. The summed E-state index contributed by atoms with van der Waals surface area (Å²) in [6, 6.07) is 10.1. The van der Waals surface area contributed by atoms with Crippen LogP contribution in [0.15, 0.2) is 24.3 Å². The molecule has 0 radical (unpaired) electrons. The van der Waals surface area contributed by atoms with Crippen molar-refractivity contribution in [2.24, 2.45) is 5.92 Å². The van der Waals surface area contributed by atoms with Gasteiger partial charge in [-0.25, -0.2) is 0 Å². The van der Waals surface area contributed by atoms with Crippen LogP contribution in [0.3, 0.4) is 0 Å². The molecule has 1 heterocycles. The van der Waals surface area contributed by atoms with Crippen molar-refractivity contribution in [2.75, 3.05) is 19.7 Å². The number of nitriles is 1. The predicted octanol–water partition coefficient (Wildman–Crippen LogP) is 2.83. The highest BCUT2D eigenvalue weighted by Gasteiger charge is 2.31. The molecule has 4 nitrogen and oxygen atoms in total. The van der Waals surface area contributed by atoms with Gasteiger partial charge in [0.15, 0.2) is 0 Å². The van der Waals surface area contributed by atoms with Gasteiger partial charge in [-0.1, -0.05) is 24.3 Å². The lowest BCUT2D eigenvalue weighted by molar-refractivity contribution is -0.150. The number of hydrogen-bond acceptors (Lipinski definition) is 4. The van der Waals surface area contributed by atoms with E-state index in [0.717, 1.165) is 30.5 Å². The van der Waals surface area contributed by atoms with Crippen LogP contribution in [-0.4, -0.2) is 30.6 Å². The summed E-state index contributed by atoms with van der Waals surface area (Å²) in [6.45, 7) is 5.71. The van der Waals surface area contributed by atoms with E-state index >= 15 is 0 Å². The lowest BCUT2D eigenvalue weighted by atomic mass is 9.94. The van der Waals surface area contributed by atoms with Crippen molar-refractivity contribution < 1.29 is 9.53 Å². The number of aryl methyl sites for hydroxylation is 1. The van der Waals surface area contributed by atoms with E-state index < -0.39 is 0 Å². The fourth-order valence-corrected chi connectivity index (χ4v) is 2.93. The lowest BCUT2D eigenvalue weighted by Gasteiger charge is -2.35. The molecule has 1 aromatic carbocycles. The highest BCUT2D eigenvalue weighted by Crippen LogP contribution is 2.28. The largest absolute Gasteiger partial charge is 0.466 e. The monoisotopic (exact) mass is 286 g/mol. The zero-order valence-corrected chi connectivity index (χ0v) is 12.7. The number of esters is 1. The third kappa shape index (κ3) is 3.62. The van der Waals surface area contributed by atoms with Gasteiger partial charge in [0.05, 0.1) is 18.6 Å². The molecule has 1 fully saturated rings. The maximum atomic E-state index is 11.9. The summed E-state index contributed by atoms with van der Waals surface area (Å²) < 4.78 is 5.12. The molecule has 0 amide bonds. The van der Waals surface area contributed by atoms with E-state index in [9.17, 15) is 10.1 Å². The second-order valence-electron chi connectivity index (χ2n) is 5.47. The SMILES string of the molecule is CCOC(=O)C1CCCN(C(C#N)c2ccccc2C)C1. The minimum Gasteiger partial charge on any atom is -0.466 e. The third-order valence-corrected chi connectivity index (χ3v) is 4.04. The first-order valence-corrected chi connectivity index (χ1v) is 7.53. The summed E-state index contributed by atoms with van der Waals surface area (Å²) in [4.78, 5) is 14.0. The molecule has 0 N–H and O–H groups in total. The Hall–Kier alpha value is -1.86. The van der Waals surface area contributed by atoms with Gasteiger partial charge in [-0.3, -0.25) is 9.69 Å². The number of nitrogens with zero attached hydrogens (tertiary/aromatic N) is 2. The summed E-state index contributed by atoms with van der Waals surface area (Å²) in [6.07, 6.45) is 1.77. The Morgan fingerprint density at radius 3 is 2.95 bits per heavy atom. The summed E-state index contributed by atoms with van der Waals surface area (Å²) in [5, 5.41) is 9.58. The number of hydrogen-bond donors (Lipinski definition) is 0. The highest BCUT2D eigenvalue weighted by atomic mass is 16.5. The Bertz CT molecular complexity index is 536. The van der Waals surface area contributed by atoms with Crippen molar-refractivity contribution in [3.05, 3.63) is 35.4 Å². The molecule has 2 atom stereocenters. The summed E-state index contributed by atoms with van der Waals surface area (Å²) in [5.41, 5.74) is 2.15. The average Bonchev–Trinajstić information content (AvgIpc) is 2.50. The van der Waals surface area contributed by atoms with Crippen LogP contribution in [0.1, 0.15) is 36.9 Å². The number of rotatable bonds is 4. The molecule has 1 aromatic rings. The van der Waals surface area contributed by atoms with Crippen LogP contribution in [0, 0.1) is 24.2 Å². The van der Waals surface area contributed by atoms with Crippen LogP contribution in [0.4, 0.5) is 0 Å². The van der Waals surface area contributed by atoms with E-state index in [-0.39, 0.29) is 17.9 Å². The molecule has 112 valence electrons. The molecular formula is C17H22N2O2. The minimum absolute atomic E-state index is 0.112. The van der Waals surface area contributed by atoms with Gasteiger partial charge in [0.25, 0.3) is 0 Å². The van der Waals surface area contributed by atoms with Crippen molar-refractivity contribution in [1.82, 2.24) is 4.90 Å². The van der Waals surface area contributed by atoms with Gasteiger partial charge < -0.3 is 4.74 Å². The first-order valence-electron chi connectivity index (χ1n) is 7.53. The number of carbonyl (C=O) groups is 1. The van der Waals surface area contributed by atoms with Crippen molar-refractivity contribution in [1.29, 1.82) is 5.26 Å². The lowest BCUT2D eigenvalue weighted by Crippen LogP contribution is -2.41. The Morgan fingerprint density at radius 1 is 1.52 bits per heavy atom. The molecule has 0 aliphatic carbocycles. The molecule has 1 aliphatic heterocycles. The van der Waals surface area contributed by atoms with Crippen molar-refractivity contribution in [3.8, 4) is 6.07 Å². The van der Waals surface area contributed by atoms with Gasteiger partial charge in [0.1, 0.15) is 6.04 Å². The Morgan fingerprint density at radius 2 is 2.29 bits per heavy atom. The van der Waals surface area contributed by atoms with E-state index in [1.54, 1.807) is 0 Å². The van der Waals surface area contributed by atoms with Crippen LogP contribution >= 0.6 is 0 Å². The predicted molar refractivity (Wildman–Crippen MR) is 80.5 cm³/mol. The van der Waals surface area contributed by atoms with E-state index in [0.29, 0.717) is 13.2 Å². The van der Waals surface area contributed by atoms with Crippen LogP contribution in [0.5, 0.6) is 0 Å². The fourth-order valence-electron chi connectivity index (χ4n) is 2.93. The fraction of sp³-hybridized carbons (Fsp3) is 0.529. The first-order chi connectivity index (χ1) is 10.2. The second-order valence-corrected chi connectivity index (χ2v) is 5.47. The van der Waals surface area contributed by atoms with Gasteiger partial charge in [0, 0.05) is 6.54 Å². The maximum Gasteiger partial charge on any atom is 0.310 e. The van der Waals surface area contributed by atoms with E-state index in [1.807, 2.05) is 38.1 Å². The molecule has 0 bridgehead atoms. The molecule has 21 heavy (non-hydrogen) atoms. The number of ether oxygens (including phenoxy) is 1. The van der Waals surface area contributed by atoms with Crippen molar-refractivity contribution in [3.63, 3.8) is 0 Å². The van der Waals surface area contributed by atoms with E-state index in [4.69, 9.17) is 4.74 Å². The number of piperidine rings is 1. The average molecular weight is 286 g/mol. The molecule has 0 saturated carbocycles.